The van der Waals surface area contributed by atoms with Crippen molar-refractivity contribution in [1.82, 2.24) is 20.0 Å². The molecule has 0 saturated carbocycles. The predicted octanol–water partition coefficient (Wildman–Crippen LogP) is 0.994. The number of hydrogen-bond acceptors (Lipinski definition) is 4. The number of fused-ring (bicyclic) bond motifs is 1. The van der Waals surface area contributed by atoms with Gasteiger partial charge < -0.3 is 10.1 Å². The van der Waals surface area contributed by atoms with Crippen LogP contribution in [-0.4, -0.2) is 54.1 Å². The molecule has 1 saturated heterocycles. The van der Waals surface area contributed by atoms with Crippen LogP contribution in [0.1, 0.15) is 5.69 Å². The van der Waals surface area contributed by atoms with Crippen molar-refractivity contribution in [3.8, 4) is 0 Å². The van der Waals surface area contributed by atoms with E-state index in [1.807, 2.05) is 18.8 Å². The number of hydrogen-bond donors (Lipinski definition) is 1. The zero-order chi connectivity index (χ0) is 13.9. The van der Waals surface area contributed by atoms with Gasteiger partial charge in [0.1, 0.15) is 0 Å². The number of aryl methyl sites for hydroxylation is 1. The van der Waals surface area contributed by atoms with Crippen molar-refractivity contribution in [2.45, 2.75) is 12.6 Å². The van der Waals surface area contributed by atoms with Gasteiger partial charge in [0, 0.05) is 38.1 Å². The molecule has 1 fully saturated rings. The molecule has 1 aliphatic rings. The monoisotopic (exact) mass is 274 g/mol. The Labute approximate surface area is 119 Å². The summed E-state index contributed by atoms with van der Waals surface area (Å²) in [4.78, 5) is 2.47. The van der Waals surface area contributed by atoms with Crippen LogP contribution in [0.4, 0.5) is 0 Å². The van der Waals surface area contributed by atoms with Crippen LogP contribution in [-0.2, 0) is 18.3 Å². The SMILES string of the molecule is CNCC1COCCN1Cc1nn(C)c2ccccc12. The summed E-state index contributed by atoms with van der Waals surface area (Å²) in [6.45, 7) is 4.41. The highest BCUT2D eigenvalue weighted by Crippen LogP contribution is 2.20. The van der Waals surface area contributed by atoms with Gasteiger partial charge in [-0.3, -0.25) is 9.58 Å². The van der Waals surface area contributed by atoms with Crippen LogP contribution in [0.3, 0.4) is 0 Å². The molecule has 1 aliphatic heterocycles. The third-order valence-corrected chi connectivity index (χ3v) is 3.98. The normalized spacial score (nSPS) is 20.6. The van der Waals surface area contributed by atoms with E-state index in [9.17, 15) is 0 Å². The van der Waals surface area contributed by atoms with E-state index < -0.39 is 0 Å². The minimum absolute atomic E-state index is 0.425. The van der Waals surface area contributed by atoms with Gasteiger partial charge in [-0.1, -0.05) is 18.2 Å². The van der Waals surface area contributed by atoms with Gasteiger partial charge in [-0.15, -0.1) is 0 Å². The zero-order valence-corrected chi connectivity index (χ0v) is 12.2. The molecule has 2 aromatic rings. The Morgan fingerprint density at radius 2 is 2.25 bits per heavy atom. The molecule has 108 valence electrons. The average molecular weight is 274 g/mol. The maximum atomic E-state index is 5.59. The zero-order valence-electron chi connectivity index (χ0n) is 12.2. The van der Waals surface area contributed by atoms with Gasteiger partial charge in [-0.25, -0.2) is 0 Å². The minimum Gasteiger partial charge on any atom is -0.378 e. The highest BCUT2D eigenvalue weighted by atomic mass is 16.5. The maximum absolute atomic E-state index is 5.59. The lowest BCUT2D eigenvalue weighted by Crippen LogP contribution is -2.49. The van der Waals surface area contributed by atoms with Gasteiger partial charge >= 0.3 is 0 Å². The fraction of sp³-hybridized carbons (Fsp3) is 0.533. The molecule has 1 unspecified atom stereocenters. The second-order valence-corrected chi connectivity index (χ2v) is 5.34. The van der Waals surface area contributed by atoms with Crippen LogP contribution in [0.5, 0.6) is 0 Å². The van der Waals surface area contributed by atoms with E-state index in [-0.39, 0.29) is 0 Å². The van der Waals surface area contributed by atoms with Gasteiger partial charge in [0.25, 0.3) is 0 Å². The lowest BCUT2D eigenvalue weighted by Gasteiger charge is -2.35. The van der Waals surface area contributed by atoms with E-state index in [2.05, 4.69) is 34.5 Å². The van der Waals surface area contributed by atoms with E-state index >= 15 is 0 Å². The van der Waals surface area contributed by atoms with Crippen molar-refractivity contribution in [1.29, 1.82) is 0 Å². The first-order valence-electron chi connectivity index (χ1n) is 7.16. The first kappa shape index (κ1) is 13.5. The summed E-state index contributed by atoms with van der Waals surface area (Å²) in [5.74, 6) is 0. The summed E-state index contributed by atoms with van der Waals surface area (Å²) in [7, 11) is 4.00. The maximum Gasteiger partial charge on any atom is 0.0843 e. The summed E-state index contributed by atoms with van der Waals surface area (Å²) in [5, 5.41) is 9.19. The summed E-state index contributed by atoms with van der Waals surface area (Å²) in [6, 6.07) is 8.85. The summed E-state index contributed by atoms with van der Waals surface area (Å²) >= 11 is 0. The van der Waals surface area contributed by atoms with Gasteiger partial charge in [-0.05, 0) is 13.1 Å². The average Bonchev–Trinajstić information content (AvgIpc) is 2.79. The van der Waals surface area contributed by atoms with Crippen molar-refractivity contribution < 1.29 is 4.74 Å². The number of para-hydroxylation sites is 1. The largest absolute Gasteiger partial charge is 0.378 e. The van der Waals surface area contributed by atoms with Crippen LogP contribution in [0.15, 0.2) is 24.3 Å². The van der Waals surface area contributed by atoms with Crippen LogP contribution >= 0.6 is 0 Å². The molecule has 2 heterocycles. The topological polar surface area (TPSA) is 42.3 Å². The fourth-order valence-electron chi connectivity index (χ4n) is 2.92. The molecule has 0 spiro atoms. The van der Waals surface area contributed by atoms with E-state index in [0.717, 1.165) is 38.5 Å². The van der Waals surface area contributed by atoms with E-state index in [1.54, 1.807) is 0 Å². The van der Waals surface area contributed by atoms with Crippen molar-refractivity contribution in [2.24, 2.45) is 7.05 Å². The van der Waals surface area contributed by atoms with Gasteiger partial charge in [0.15, 0.2) is 0 Å². The van der Waals surface area contributed by atoms with Crippen LogP contribution in [0.25, 0.3) is 10.9 Å². The molecule has 5 nitrogen and oxygen atoms in total. The first-order chi connectivity index (χ1) is 9.79. The molecular weight excluding hydrogens is 252 g/mol. The molecule has 0 radical (unpaired) electrons. The van der Waals surface area contributed by atoms with Crippen LogP contribution in [0.2, 0.25) is 0 Å². The molecule has 20 heavy (non-hydrogen) atoms. The standard InChI is InChI=1S/C15H22N4O/c1-16-9-12-11-20-8-7-19(12)10-14-13-5-3-4-6-15(13)18(2)17-14/h3-6,12,16H,7-11H2,1-2H3. The predicted molar refractivity (Wildman–Crippen MR) is 79.7 cm³/mol. The molecule has 0 amide bonds. The number of benzene rings is 1. The fourth-order valence-corrected chi connectivity index (χ4v) is 2.92. The third-order valence-electron chi connectivity index (χ3n) is 3.98. The number of rotatable bonds is 4. The summed E-state index contributed by atoms with van der Waals surface area (Å²) in [5.41, 5.74) is 2.35. The molecular formula is C15H22N4O. The first-order valence-corrected chi connectivity index (χ1v) is 7.16. The quantitative estimate of drug-likeness (QED) is 0.903. The van der Waals surface area contributed by atoms with Crippen molar-refractivity contribution >= 4 is 10.9 Å². The lowest BCUT2D eigenvalue weighted by atomic mass is 10.1. The van der Waals surface area contributed by atoms with Gasteiger partial charge in [0.2, 0.25) is 0 Å². The third kappa shape index (κ3) is 2.57. The van der Waals surface area contributed by atoms with Crippen LogP contribution < -0.4 is 5.32 Å². The number of ether oxygens (including phenoxy) is 1. The molecule has 1 atom stereocenters. The van der Waals surface area contributed by atoms with Crippen molar-refractivity contribution in [2.75, 3.05) is 33.4 Å². The Kier molecular flexibility index (Phi) is 4.00. The Balaban J connectivity index is 1.84. The Bertz CT molecular complexity index is 578. The van der Waals surface area contributed by atoms with Gasteiger partial charge in [-0.2, -0.15) is 5.10 Å². The molecule has 1 aromatic carbocycles. The second-order valence-electron chi connectivity index (χ2n) is 5.34. The van der Waals surface area contributed by atoms with E-state index in [0.29, 0.717) is 6.04 Å². The Morgan fingerprint density at radius 1 is 1.40 bits per heavy atom. The Morgan fingerprint density at radius 3 is 3.10 bits per heavy atom. The molecule has 0 aliphatic carbocycles. The second kappa shape index (κ2) is 5.91. The van der Waals surface area contributed by atoms with Crippen molar-refractivity contribution in [3.63, 3.8) is 0 Å². The number of nitrogens with one attached hydrogen (secondary N) is 1. The number of morpholine rings is 1. The molecule has 1 N–H and O–H groups in total. The highest BCUT2D eigenvalue weighted by molar-refractivity contribution is 5.81. The van der Waals surface area contributed by atoms with E-state index in [1.165, 1.54) is 10.9 Å². The summed E-state index contributed by atoms with van der Waals surface area (Å²) in [6.07, 6.45) is 0. The number of likely N-dealkylation sites (N-methyl/N-ethyl adjacent to an activating group) is 1. The van der Waals surface area contributed by atoms with E-state index in [4.69, 9.17) is 9.84 Å². The minimum atomic E-state index is 0.425. The number of aromatic nitrogens is 2. The Hall–Kier alpha value is -1.43. The lowest BCUT2D eigenvalue weighted by molar-refractivity contribution is -0.0107. The highest BCUT2D eigenvalue weighted by Gasteiger charge is 2.24. The molecule has 0 bridgehead atoms. The molecule has 1 aromatic heterocycles. The van der Waals surface area contributed by atoms with Crippen LogP contribution in [0, 0.1) is 0 Å². The summed E-state index contributed by atoms with van der Waals surface area (Å²) < 4.78 is 7.56. The molecule has 5 heteroatoms. The van der Waals surface area contributed by atoms with Crippen molar-refractivity contribution in [3.05, 3.63) is 30.0 Å². The smallest absolute Gasteiger partial charge is 0.0843 e. The van der Waals surface area contributed by atoms with Gasteiger partial charge in [0.05, 0.1) is 24.4 Å². The number of nitrogens with zero attached hydrogens (tertiary/aromatic N) is 3. The molecule has 3 rings (SSSR count).